The molecule has 0 amide bonds. The van der Waals surface area contributed by atoms with Gasteiger partial charge in [0.1, 0.15) is 19.0 Å². The van der Waals surface area contributed by atoms with Crippen LogP contribution in [0.3, 0.4) is 0 Å². The predicted octanol–water partition coefficient (Wildman–Crippen LogP) is 2.47. The van der Waals surface area contributed by atoms with Crippen LogP contribution in [0.25, 0.3) is 0 Å². The summed E-state index contributed by atoms with van der Waals surface area (Å²) >= 11 is 0. The third kappa shape index (κ3) is 9.01. The lowest BCUT2D eigenvalue weighted by molar-refractivity contribution is -0.139. The maximum absolute atomic E-state index is 11.8. The first-order valence-corrected chi connectivity index (χ1v) is 7.96. The molecule has 0 aliphatic rings. The number of aliphatic hydroxyl groups is 2. The molecule has 0 aliphatic carbocycles. The number of carbonyl (C=O) groups is 1. The highest BCUT2D eigenvalue weighted by molar-refractivity contribution is 5.87. The molecular weight excluding hydrogens is 296 g/mol. The molecule has 0 saturated heterocycles. The van der Waals surface area contributed by atoms with Crippen molar-refractivity contribution < 1.29 is 24.5 Å². The lowest BCUT2D eigenvalue weighted by Crippen LogP contribution is -2.14. The van der Waals surface area contributed by atoms with E-state index in [-0.39, 0.29) is 19.8 Å². The average Bonchev–Trinajstić information content (AvgIpc) is 2.56. The highest BCUT2D eigenvalue weighted by atomic mass is 16.6. The van der Waals surface area contributed by atoms with E-state index in [2.05, 4.69) is 0 Å². The highest BCUT2D eigenvalue weighted by Crippen LogP contribution is 2.09. The van der Waals surface area contributed by atoms with E-state index in [1.807, 2.05) is 30.3 Å². The van der Waals surface area contributed by atoms with Gasteiger partial charge in [0, 0.05) is 12.2 Å². The van der Waals surface area contributed by atoms with E-state index in [0.717, 1.165) is 25.0 Å². The molecule has 0 heterocycles. The van der Waals surface area contributed by atoms with Gasteiger partial charge in [0.05, 0.1) is 6.10 Å². The van der Waals surface area contributed by atoms with Crippen LogP contribution < -0.4 is 4.74 Å². The highest BCUT2D eigenvalue weighted by Gasteiger charge is 2.09. The second-order valence-electron chi connectivity index (χ2n) is 5.29. The van der Waals surface area contributed by atoms with E-state index < -0.39 is 12.1 Å². The Morgan fingerprint density at radius 2 is 1.91 bits per heavy atom. The molecule has 5 heteroatoms. The summed E-state index contributed by atoms with van der Waals surface area (Å²) in [5, 5.41) is 18.5. The Morgan fingerprint density at radius 1 is 1.17 bits per heavy atom. The van der Waals surface area contributed by atoms with Crippen molar-refractivity contribution in [2.45, 2.75) is 38.7 Å². The van der Waals surface area contributed by atoms with Crippen molar-refractivity contribution in [3.05, 3.63) is 42.0 Å². The van der Waals surface area contributed by atoms with E-state index in [1.54, 1.807) is 6.92 Å². The smallest absolute Gasteiger partial charge is 0.333 e. The normalized spacial score (nSPS) is 12.7. The molecule has 1 rings (SSSR count). The minimum atomic E-state index is -0.665. The van der Waals surface area contributed by atoms with Crippen LogP contribution in [-0.4, -0.2) is 42.1 Å². The topological polar surface area (TPSA) is 76.0 Å². The van der Waals surface area contributed by atoms with Crippen LogP contribution in [0.2, 0.25) is 0 Å². The minimum Gasteiger partial charge on any atom is -0.490 e. The summed E-state index contributed by atoms with van der Waals surface area (Å²) < 4.78 is 10.5. The van der Waals surface area contributed by atoms with Gasteiger partial charge >= 0.3 is 5.97 Å². The molecule has 0 fully saturated rings. The summed E-state index contributed by atoms with van der Waals surface area (Å²) in [6.45, 7) is 2.23. The number of benzene rings is 1. The SMILES string of the molecule is CC(=CC(O)CCCCCO)C(=O)OCCOc1ccccc1. The summed E-state index contributed by atoms with van der Waals surface area (Å²) in [6, 6.07) is 9.31. The molecule has 1 aromatic rings. The van der Waals surface area contributed by atoms with Crippen molar-refractivity contribution in [3.63, 3.8) is 0 Å². The van der Waals surface area contributed by atoms with Crippen LogP contribution >= 0.6 is 0 Å². The number of para-hydroxylation sites is 1. The molecule has 0 bridgehead atoms. The molecule has 0 spiro atoms. The number of ether oxygens (including phenoxy) is 2. The van der Waals surface area contributed by atoms with Gasteiger partial charge in [0.15, 0.2) is 0 Å². The van der Waals surface area contributed by atoms with Crippen molar-refractivity contribution in [3.8, 4) is 5.75 Å². The van der Waals surface area contributed by atoms with E-state index >= 15 is 0 Å². The Balaban J connectivity index is 2.20. The largest absolute Gasteiger partial charge is 0.490 e. The molecule has 2 N–H and O–H groups in total. The fraction of sp³-hybridized carbons (Fsp3) is 0.500. The van der Waals surface area contributed by atoms with Gasteiger partial charge in [0.25, 0.3) is 0 Å². The maximum Gasteiger partial charge on any atom is 0.333 e. The second kappa shape index (κ2) is 11.7. The zero-order valence-electron chi connectivity index (χ0n) is 13.6. The van der Waals surface area contributed by atoms with Gasteiger partial charge in [-0.3, -0.25) is 0 Å². The fourth-order valence-corrected chi connectivity index (χ4v) is 2.01. The lowest BCUT2D eigenvalue weighted by atomic mass is 10.1. The number of hydrogen-bond donors (Lipinski definition) is 2. The van der Waals surface area contributed by atoms with Crippen molar-refractivity contribution in [2.24, 2.45) is 0 Å². The molecular formula is C18H26O5. The number of esters is 1. The van der Waals surface area contributed by atoms with Crippen LogP contribution in [0.5, 0.6) is 5.75 Å². The zero-order chi connectivity index (χ0) is 16.9. The van der Waals surface area contributed by atoms with Gasteiger partial charge in [-0.2, -0.15) is 0 Å². The third-order valence-corrected chi connectivity index (χ3v) is 3.25. The van der Waals surface area contributed by atoms with Gasteiger partial charge in [-0.1, -0.05) is 31.0 Å². The lowest BCUT2D eigenvalue weighted by Gasteiger charge is -2.09. The Bertz CT molecular complexity index is 470. The maximum atomic E-state index is 11.8. The van der Waals surface area contributed by atoms with Crippen molar-refractivity contribution in [1.82, 2.24) is 0 Å². The monoisotopic (exact) mass is 322 g/mol. The number of rotatable bonds is 11. The van der Waals surface area contributed by atoms with Crippen LogP contribution in [0.4, 0.5) is 0 Å². The van der Waals surface area contributed by atoms with Crippen LogP contribution in [0.15, 0.2) is 42.0 Å². The van der Waals surface area contributed by atoms with E-state index in [4.69, 9.17) is 14.6 Å². The average molecular weight is 322 g/mol. The van der Waals surface area contributed by atoms with Gasteiger partial charge < -0.3 is 19.7 Å². The predicted molar refractivity (Wildman–Crippen MR) is 88.2 cm³/mol. The molecule has 5 nitrogen and oxygen atoms in total. The first-order valence-electron chi connectivity index (χ1n) is 7.96. The van der Waals surface area contributed by atoms with E-state index in [1.165, 1.54) is 6.08 Å². The summed E-state index contributed by atoms with van der Waals surface area (Å²) in [6.07, 6.45) is 3.83. The third-order valence-electron chi connectivity index (χ3n) is 3.25. The van der Waals surface area contributed by atoms with Gasteiger partial charge in [-0.15, -0.1) is 0 Å². The first kappa shape index (κ1) is 19.2. The summed E-state index contributed by atoms with van der Waals surface area (Å²) in [5.74, 6) is 0.283. The van der Waals surface area contributed by atoms with Gasteiger partial charge in [0.2, 0.25) is 0 Å². The molecule has 23 heavy (non-hydrogen) atoms. The first-order chi connectivity index (χ1) is 11.1. The molecule has 0 aliphatic heterocycles. The zero-order valence-corrected chi connectivity index (χ0v) is 13.6. The van der Waals surface area contributed by atoms with Crippen molar-refractivity contribution in [1.29, 1.82) is 0 Å². The Hall–Kier alpha value is -1.85. The van der Waals surface area contributed by atoms with E-state index in [0.29, 0.717) is 12.0 Å². The standard InChI is InChI=1S/C18H26O5/c1-15(14-16(20)8-4-3-7-11-19)18(21)23-13-12-22-17-9-5-2-6-10-17/h2,5-6,9-10,14,16,19-20H,3-4,7-8,11-13H2,1H3. The number of aliphatic hydroxyl groups excluding tert-OH is 2. The minimum absolute atomic E-state index is 0.158. The molecule has 0 saturated carbocycles. The summed E-state index contributed by atoms with van der Waals surface area (Å²) in [4.78, 5) is 11.8. The Morgan fingerprint density at radius 3 is 2.61 bits per heavy atom. The quantitative estimate of drug-likeness (QED) is 0.372. The van der Waals surface area contributed by atoms with Crippen molar-refractivity contribution >= 4 is 5.97 Å². The molecule has 1 unspecified atom stereocenters. The molecule has 1 atom stereocenters. The van der Waals surface area contributed by atoms with Crippen LogP contribution in [0, 0.1) is 0 Å². The Kier molecular flexibility index (Phi) is 9.75. The number of carbonyl (C=O) groups excluding carboxylic acids is 1. The number of hydrogen-bond acceptors (Lipinski definition) is 5. The van der Waals surface area contributed by atoms with Crippen LogP contribution in [0.1, 0.15) is 32.6 Å². The van der Waals surface area contributed by atoms with Gasteiger partial charge in [-0.25, -0.2) is 4.79 Å². The molecule has 128 valence electrons. The molecule has 0 aromatic heterocycles. The molecule has 0 radical (unpaired) electrons. The molecule has 1 aromatic carbocycles. The van der Waals surface area contributed by atoms with Crippen molar-refractivity contribution in [2.75, 3.05) is 19.8 Å². The van der Waals surface area contributed by atoms with Gasteiger partial charge in [-0.05, 0) is 38.0 Å². The van der Waals surface area contributed by atoms with Crippen LogP contribution in [-0.2, 0) is 9.53 Å². The number of unbranched alkanes of at least 4 members (excludes halogenated alkanes) is 2. The second-order valence-corrected chi connectivity index (χ2v) is 5.29. The Labute approximate surface area is 137 Å². The summed E-state index contributed by atoms with van der Waals surface area (Å²) in [5.41, 5.74) is 0.388. The fourth-order valence-electron chi connectivity index (χ4n) is 2.01. The summed E-state index contributed by atoms with van der Waals surface area (Å²) in [7, 11) is 0. The van der Waals surface area contributed by atoms with E-state index in [9.17, 15) is 9.90 Å².